The monoisotopic (exact) mass is 774 g/mol. The summed E-state index contributed by atoms with van der Waals surface area (Å²) in [5.74, 6) is -6.52. The zero-order chi connectivity index (χ0) is 40.7. The lowest BCUT2D eigenvalue weighted by molar-refractivity contribution is -0.143. The molecule has 1 aromatic heterocycles. The molecule has 3 aliphatic rings. The second kappa shape index (κ2) is 17.9. The van der Waals surface area contributed by atoms with Gasteiger partial charge < -0.3 is 54.2 Å². The first-order chi connectivity index (χ1) is 26.7. The summed E-state index contributed by atoms with van der Waals surface area (Å²) in [4.78, 5) is 95.9. The van der Waals surface area contributed by atoms with Gasteiger partial charge in [0, 0.05) is 42.2 Å². The minimum absolute atomic E-state index is 0.0517. The van der Waals surface area contributed by atoms with Crippen LogP contribution >= 0.6 is 0 Å². The predicted octanol–water partition coefficient (Wildman–Crippen LogP) is -2.00. The molecule has 0 saturated carbocycles. The van der Waals surface area contributed by atoms with Crippen LogP contribution in [0.4, 0.5) is 0 Å². The fourth-order valence-corrected chi connectivity index (χ4v) is 6.98. The number of carbonyl (C=O) groups is 7. The van der Waals surface area contributed by atoms with Crippen molar-refractivity contribution in [2.24, 2.45) is 34.8 Å². The highest BCUT2D eigenvalue weighted by Gasteiger charge is 2.46. The number of aromatic nitrogens is 1. The number of hydrogen-bond donors (Lipinski definition) is 10. The Labute approximate surface area is 323 Å². The number of carbonyl (C=O) groups excluding carboxylic acids is 7. The highest BCUT2D eigenvalue weighted by atomic mass is 16.2. The Morgan fingerprint density at radius 2 is 1.68 bits per heavy atom. The average molecular weight is 775 g/mol. The van der Waals surface area contributed by atoms with E-state index in [2.05, 4.69) is 31.9 Å². The van der Waals surface area contributed by atoms with Crippen LogP contribution in [0.15, 0.2) is 66.3 Å². The van der Waals surface area contributed by atoms with E-state index in [-0.39, 0.29) is 25.3 Å². The van der Waals surface area contributed by atoms with E-state index in [1.165, 1.54) is 4.90 Å². The molecular formula is C37H50N12O7. The van der Waals surface area contributed by atoms with Gasteiger partial charge in [-0.3, -0.25) is 38.6 Å². The molecule has 2 aliphatic heterocycles. The van der Waals surface area contributed by atoms with E-state index >= 15 is 0 Å². The van der Waals surface area contributed by atoms with E-state index < -0.39 is 90.3 Å². The first kappa shape index (κ1) is 41.0. The van der Waals surface area contributed by atoms with Gasteiger partial charge in [-0.25, -0.2) is 0 Å². The number of hydrogen-bond acceptors (Lipinski definition) is 11. The van der Waals surface area contributed by atoms with E-state index in [0.717, 1.165) is 28.6 Å². The summed E-state index contributed by atoms with van der Waals surface area (Å²) in [6.07, 6.45) is 9.82. The van der Waals surface area contributed by atoms with E-state index in [1.807, 2.05) is 48.7 Å². The minimum Gasteiger partial charge on any atom is -0.370 e. The fourth-order valence-electron chi connectivity index (χ4n) is 6.98. The Hall–Kier alpha value is -6.21. The normalized spacial score (nSPS) is 20.3. The summed E-state index contributed by atoms with van der Waals surface area (Å²) in [6, 6.07) is 1.08. The highest BCUT2D eigenvalue weighted by Crippen LogP contribution is 2.32. The molecule has 7 atom stereocenters. The number of nitrogens with zero attached hydrogens (tertiary/aromatic N) is 2. The smallest absolute Gasteiger partial charge is 0.246 e. The fraction of sp³-hybridized carbons (Fsp3) is 0.432. The van der Waals surface area contributed by atoms with Gasteiger partial charge in [0.25, 0.3) is 0 Å². The van der Waals surface area contributed by atoms with Gasteiger partial charge in [-0.1, -0.05) is 50.6 Å². The lowest BCUT2D eigenvalue weighted by Gasteiger charge is -2.32. The second-order valence-corrected chi connectivity index (χ2v) is 14.3. The summed E-state index contributed by atoms with van der Waals surface area (Å²) >= 11 is 0. The van der Waals surface area contributed by atoms with E-state index in [0.29, 0.717) is 12.1 Å². The number of para-hydroxylation sites is 1. The molecule has 7 amide bonds. The zero-order valence-corrected chi connectivity index (χ0v) is 31.2. The Kier molecular flexibility index (Phi) is 13.1. The van der Waals surface area contributed by atoms with Gasteiger partial charge in [-0.05, 0) is 36.5 Å². The molecule has 0 bridgehead atoms. The third-order valence-corrected chi connectivity index (χ3v) is 10.3. The number of aromatic amines is 1. The summed E-state index contributed by atoms with van der Waals surface area (Å²) in [7, 11) is 0. The van der Waals surface area contributed by atoms with Crippen LogP contribution in [0.1, 0.15) is 51.5 Å². The van der Waals surface area contributed by atoms with Crippen LogP contribution in [0, 0.1) is 11.8 Å². The quantitative estimate of drug-likeness (QED) is 0.0790. The molecule has 56 heavy (non-hydrogen) atoms. The van der Waals surface area contributed by atoms with Gasteiger partial charge in [0.05, 0.1) is 30.3 Å². The van der Waals surface area contributed by atoms with Crippen LogP contribution in [0.25, 0.3) is 10.9 Å². The average Bonchev–Trinajstić information content (AvgIpc) is 3.99. The van der Waals surface area contributed by atoms with Crippen molar-refractivity contribution >= 4 is 52.3 Å². The number of nitrogens with one attached hydrogen (secondary N) is 6. The van der Waals surface area contributed by atoms with Crippen molar-refractivity contribution in [3.05, 3.63) is 71.8 Å². The number of nitrogens with two attached hydrogens (primary N) is 4. The van der Waals surface area contributed by atoms with Crippen LogP contribution in [-0.4, -0.2) is 93.0 Å². The molecule has 5 rings (SSSR count). The van der Waals surface area contributed by atoms with Crippen molar-refractivity contribution in [2.75, 3.05) is 6.54 Å². The van der Waals surface area contributed by atoms with Crippen molar-refractivity contribution < 1.29 is 33.6 Å². The molecule has 0 radical (unpaired) electrons. The van der Waals surface area contributed by atoms with Gasteiger partial charge in [0.2, 0.25) is 41.4 Å². The van der Waals surface area contributed by atoms with Gasteiger partial charge in [-0.15, -0.1) is 5.53 Å². The van der Waals surface area contributed by atoms with Crippen molar-refractivity contribution in [1.82, 2.24) is 41.8 Å². The SMILES string of the molecule is CC[C@H](C)[C@H](NC(=O)[C@H](CC(N)=O)NC(=O)[C@@H](N)CC(N)=O)C(=O)N1CC(C2=CN(C3=CCC=C3)NN2)C[C@H]1C(=O)N[C@@H](Cc1c[nH]c2ccccc12)C(N)=O. The minimum atomic E-state index is -1.55. The Morgan fingerprint density at radius 3 is 2.34 bits per heavy atom. The molecule has 1 saturated heterocycles. The van der Waals surface area contributed by atoms with Crippen LogP contribution in [-0.2, 0) is 40.0 Å². The maximum atomic E-state index is 14.6. The number of rotatable bonds is 18. The number of likely N-dealkylation sites (tertiary alicyclic amines) is 1. The van der Waals surface area contributed by atoms with Crippen LogP contribution < -0.4 is 49.8 Å². The number of allylic oxidation sites excluding steroid dienone is 3. The van der Waals surface area contributed by atoms with Gasteiger partial charge in [0.1, 0.15) is 24.2 Å². The van der Waals surface area contributed by atoms with Crippen LogP contribution in [0.2, 0.25) is 0 Å². The van der Waals surface area contributed by atoms with Gasteiger partial charge in [-0.2, -0.15) is 0 Å². The molecule has 1 aliphatic carbocycles. The lowest BCUT2D eigenvalue weighted by atomic mass is 9.96. The molecule has 1 fully saturated rings. The van der Waals surface area contributed by atoms with E-state index in [1.54, 1.807) is 25.1 Å². The summed E-state index contributed by atoms with van der Waals surface area (Å²) in [5, 5.41) is 10.4. The topological polar surface area (TPSA) is 306 Å². The Bertz CT molecular complexity index is 1960. The summed E-state index contributed by atoms with van der Waals surface area (Å²) in [5.41, 5.74) is 31.5. The first-order valence-electron chi connectivity index (χ1n) is 18.4. The van der Waals surface area contributed by atoms with Crippen molar-refractivity contribution in [3.63, 3.8) is 0 Å². The second-order valence-electron chi connectivity index (χ2n) is 14.3. The van der Waals surface area contributed by atoms with Gasteiger partial charge in [0.15, 0.2) is 0 Å². The molecule has 300 valence electrons. The number of hydrazine groups is 2. The maximum Gasteiger partial charge on any atom is 0.246 e. The Morgan fingerprint density at radius 1 is 0.946 bits per heavy atom. The molecule has 1 unspecified atom stereocenters. The van der Waals surface area contributed by atoms with Crippen molar-refractivity contribution in [1.29, 1.82) is 0 Å². The number of benzene rings is 1. The molecule has 2 aromatic rings. The lowest BCUT2D eigenvalue weighted by Crippen LogP contribution is -2.60. The van der Waals surface area contributed by atoms with Crippen molar-refractivity contribution in [2.45, 2.75) is 82.6 Å². The molecule has 1 aromatic carbocycles. The molecule has 14 N–H and O–H groups in total. The van der Waals surface area contributed by atoms with Crippen LogP contribution in [0.3, 0.4) is 0 Å². The van der Waals surface area contributed by atoms with E-state index in [4.69, 9.17) is 22.9 Å². The van der Waals surface area contributed by atoms with Gasteiger partial charge >= 0.3 is 0 Å². The molecular weight excluding hydrogens is 724 g/mol. The maximum absolute atomic E-state index is 14.6. The third kappa shape index (κ3) is 9.71. The number of amides is 7. The van der Waals surface area contributed by atoms with Crippen molar-refractivity contribution in [3.8, 4) is 0 Å². The Balaban J connectivity index is 1.41. The largest absolute Gasteiger partial charge is 0.370 e. The molecule has 0 spiro atoms. The zero-order valence-electron chi connectivity index (χ0n) is 31.2. The standard InChI is InChI=1S/C37H50N12O7/c1-3-19(2)32(45-35(54)27(15-31(40)51)44-34(53)24(38)14-30(39)50)37(56)48-17-21(28-18-49(47-46-28)22-8-4-5-9-22)13-29(48)36(55)43-26(33(41)52)12-20-16-42-25-11-7-6-10-23(20)25/h4,6-11,16,18-19,21,24,26-27,29,32,42,46-47H,3,5,12-15,17,38H2,1-2H3,(H2,39,50)(H2,40,51)(H2,41,52)(H,43,55)(H,44,53)(H,45,54)/t19-,21?,24-,26-,27-,29-,32-/m0/s1. The molecule has 19 heteroatoms. The summed E-state index contributed by atoms with van der Waals surface area (Å²) in [6.45, 7) is 3.59. The highest BCUT2D eigenvalue weighted by molar-refractivity contribution is 5.98. The molecule has 19 nitrogen and oxygen atoms in total. The number of primary amides is 3. The number of H-pyrrole nitrogens is 1. The summed E-state index contributed by atoms with van der Waals surface area (Å²) < 4.78 is 0. The van der Waals surface area contributed by atoms with Crippen LogP contribution in [0.5, 0.6) is 0 Å². The first-order valence-corrected chi connectivity index (χ1v) is 18.4. The molecule has 3 heterocycles. The predicted molar refractivity (Wildman–Crippen MR) is 204 cm³/mol. The third-order valence-electron chi connectivity index (χ3n) is 10.3. The number of fused-ring (bicyclic) bond motifs is 1. The van der Waals surface area contributed by atoms with E-state index in [9.17, 15) is 33.6 Å².